The van der Waals surface area contributed by atoms with E-state index in [-0.39, 0.29) is 18.9 Å². The quantitative estimate of drug-likeness (QED) is 0.651. The van der Waals surface area contributed by atoms with Crippen LogP contribution in [0.15, 0.2) is 0 Å². The van der Waals surface area contributed by atoms with E-state index in [1.165, 1.54) is 0 Å². The van der Waals surface area contributed by atoms with Crippen LogP contribution in [0.2, 0.25) is 0 Å². The standard InChI is InChI=1S/C9H17NO3/c1-10-3-2-7(5-10)8(6-11)4-9(12)13/h7-8,11H,2-6H2,1H3,(H,12,13). The topological polar surface area (TPSA) is 60.8 Å². The maximum atomic E-state index is 10.5. The van der Waals surface area contributed by atoms with Gasteiger partial charge in [-0.3, -0.25) is 4.79 Å². The van der Waals surface area contributed by atoms with Crippen LogP contribution >= 0.6 is 0 Å². The second-order valence-corrected chi connectivity index (χ2v) is 3.85. The van der Waals surface area contributed by atoms with Gasteiger partial charge in [-0.25, -0.2) is 0 Å². The third-order valence-corrected chi connectivity index (χ3v) is 2.77. The molecule has 2 atom stereocenters. The number of nitrogens with zero attached hydrogens (tertiary/aromatic N) is 1. The van der Waals surface area contributed by atoms with Crippen molar-refractivity contribution in [3.05, 3.63) is 0 Å². The Morgan fingerprint density at radius 3 is 2.77 bits per heavy atom. The highest BCUT2D eigenvalue weighted by molar-refractivity contribution is 5.67. The first-order valence-electron chi connectivity index (χ1n) is 4.64. The fourth-order valence-corrected chi connectivity index (χ4v) is 1.96. The maximum Gasteiger partial charge on any atom is 0.303 e. The van der Waals surface area contributed by atoms with Crippen molar-refractivity contribution in [1.82, 2.24) is 4.90 Å². The normalized spacial score (nSPS) is 26.2. The summed E-state index contributed by atoms with van der Waals surface area (Å²) in [4.78, 5) is 12.7. The molecule has 0 saturated carbocycles. The number of carboxylic acid groups (broad SMARTS) is 1. The molecule has 1 heterocycles. The Balaban J connectivity index is 2.42. The molecule has 2 unspecified atom stereocenters. The zero-order valence-corrected chi connectivity index (χ0v) is 7.94. The zero-order chi connectivity index (χ0) is 9.84. The number of hydrogen-bond donors (Lipinski definition) is 2. The molecule has 0 aromatic heterocycles. The third kappa shape index (κ3) is 2.97. The van der Waals surface area contributed by atoms with Crippen LogP contribution in [0.5, 0.6) is 0 Å². The van der Waals surface area contributed by atoms with Gasteiger partial charge in [-0.2, -0.15) is 0 Å². The summed E-state index contributed by atoms with van der Waals surface area (Å²) in [6, 6.07) is 0. The highest BCUT2D eigenvalue weighted by Crippen LogP contribution is 2.25. The van der Waals surface area contributed by atoms with Crippen molar-refractivity contribution in [3.63, 3.8) is 0 Å². The highest BCUT2D eigenvalue weighted by atomic mass is 16.4. The van der Waals surface area contributed by atoms with Gasteiger partial charge in [0.05, 0.1) is 6.42 Å². The smallest absolute Gasteiger partial charge is 0.303 e. The minimum atomic E-state index is -0.811. The van der Waals surface area contributed by atoms with Gasteiger partial charge in [0.25, 0.3) is 0 Å². The monoisotopic (exact) mass is 187 g/mol. The van der Waals surface area contributed by atoms with Gasteiger partial charge in [0.15, 0.2) is 0 Å². The van der Waals surface area contributed by atoms with E-state index >= 15 is 0 Å². The van der Waals surface area contributed by atoms with E-state index in [0.717, 1.165) is 19.5 Å². The van der Waals surface area contributed by atoms with Crippen LogP contribution in [0, 0.1) is 11.8 Å². The van der Waals surface area contributed by atoms with Crippen LogP contribution in [0.3, 0.4) is 0 Å². The van der Waals surface area contributed by atoms with Crippen molar-refractivity contribution in [3.8, 4) is 0 Å². The van der Waals surface area contributed by atoms with Gasteiger partial charge in [0.2, 0.25) is 0 Å². The summed E-state index contributed by atoms with van der Waals surface area (Å²) in [5, 5.41) is 17.7. The van der Waals surface area contributed by atoms with E-state index in [9.17, 15) is 4.79 Å². The van der Waals surface area contributed by atoms with Crippen LogP contribution in [0.4, 0.5) is 0 Å². The Bertz CT molecular complexity index is 184. The van der Waals surface area contributed by atoms with Gasteiger partial charge in [-0.15, -0.1) is 0 Å². The lowest BCUT2D eigenvalue weighted by molar-refractivity contribution is -0.139. The summed E-state index contributed by atoms with van der Waals surface area (Å²) >= 11 is 0. The number of hydrogen-bond acceptors (Lipinski definition) is 3. The zero-order valence-electron chi connectivity index (χ0n) is 7.94. The van der Waals surface area contributed by atoms with E-state index in [1.807, 2.05) is 7.05 Å². The second-order valence-electron chi connectivity index (χ2n) is 3.85. The fourth-order valence-electron chi connectivity index (χ4n) is 1.96. The molecule has 1 aliphatic heterocycles. The van der Waals surface area contributed by atoms with E-state index in [1.54, 1.807) is 0 Å². The van der Waals surface area contributed by atoms with Crippen LogP contribution in [-0.4, -0.2) is 47.8 Å². The largest absolute Gasteiger partial charge is 0.481 e. The number of aliphatic hydroxyl groups is 1. The van der Waals surface area contributed by atoms with Crippen LogP contribution in [0.25, 0.3) is 0 Å². The van der Waals surface area contributed by atoms with Crippen molar-refractivity contribution in [2.45, 2.75) is 12.8 Å². The molecule has 1 saturated heterocycles. The molecule has 0 aliphatic carbocycles. The molecule has 0 radical (unpaired) electrons. The first kappa shape index (κ1) is 10.5. The van der Waals surface area contributed by atoms with Crippen LogP contribution in [0.1, 0.15) is 12.8 Å². The SMILES string of the molecule is CN1CCC(C(CO)CC(=O)O)C1. The molecular formula is C9H17NO3. The molecule has 0 aromatic carbocycles. The van der Waals surface area contributed by atoms with E-state index in [4.69, 9.17) is 10.2 Å². The lowest BCUT2D eigenvalue weighted by atomic mass is 9.89. The Labute approximate surface area is 78.2 Å². The van der Waals surface area contributed by atoms with E-state index in [0.29, 0.717) is 5.92 Å². The van der Waals surface area contributed by atoms with E-state index in [2.05, 4.69) is 4.90 Å². The number of aliphatic carboxylic acids is 1. The molecule has 76 valence electrons. The fraction of sp³-hybridized carbons (Fsp3) is 0.889. The van der Waals surface area contributed by atoms with Crippen LogP contribution < -0.4 is 0 Å². The number of rotatable bonds is 4. The highest BCUT2D eigenvalue weighted by Gasteiger charge is 2.28. The lowest BCUT2D eigenvalue weighted by Crippen LogP contribution is -2.24. The minimum Gasteiger partial charge on any atom is -0.481 e. The molecule has 1 aliphatic rings. The van der Waals surface area contributed by atoms with Crippen molar-refractivity contribution in [1.29, 1.82) is 0 Å². The molecule has 2 N–H and O–H groups in total. The summed E-state index contributed by atoms with van der Waals surface area (Å²) < 4.78 is 0. The molecule has 1 fully saturated rings. The average Bonchev–Trinajstić information content (AvgIpc) is 2.47. The van der Waals surface area contributed by atoms with Crippen molar-refractivity contribution in [2.24, 2.45) is 11.8 Å². The summed E-state index contributed by atoms with van der Waals surface area (Å²) in [5.41, 5.74) is 0. The van der Waals surface area contributed by atoms with Crippen molar-refractivity contribution in [2.75, 3.05) is 26.7 Å². The molecule has 13 heavy (non-hydrogen) atoms. The Hall–Kier alpha value is -0.610. The van der Waals surface area contributed by atoms with Gasteiger partial charge in [0, 0.05) is 13.2 Å². The van der Waals surface area contributed by atoms with Crippen molar-refractivity contribution < 1.29 is 15.0 Å². The molecule has 0 amide bonds. The number of carboxylic acids is 1. The van der Waals surface area contributed by atoms with Gasteiger partial charge in [0.1, 0.15) is 0 Å². The number of carbonyl (C=O) groups is 1. The maximum absolute atomic E-state index is 10.5. The van der Waals surface area contributed by atoms with Gasteiger partial charge >= 0.3 is 5.97 Å². The van der Waals surface area contributed by atoms with Gasteiger partial charge < -0.3 is 15.1 Å². The summed E-state index contributed by atoms with van der Waals surface area (Å²) in [7, 11) is 2.02. The second kappa shape index (κ2) is 4.58. The summed E-state index contributed by atoms with van der Waals surface area (Å²) in [5.74, 6) is -0.526. The molecule has 0 aromatic rings. The number of likely N-dealkylation sites (tertiary alicyclic amines) is 1. The summed E-state index contributed by atoms with van der Waals surface area (Å²) in [6.07, 6.45) is 1.10. The van der Waals surface area contributed by atoms with Crippen LogP contribution in [-0.2, 0) is 4.79 Å². The predicted octanol–water partition coefficient (Wildman–Crippen LogP) is 0.0213. The Morgan fingerprint density at radius 1 is 1.69 bits per heavy atom. The molecule has 0 spiro atoms. The van der Waals surface area contributed by atoms with E-state index < -0.39 is 5.97 Å². The van der Waals surface area contributed by atoms with Gasteiger partial charge in [-0.1, -0.05) is 0 Å². The first-order valence-corrected chi connectivity index (χ1v) is 4.64. The minimum absolute atomic E-state index is 0.00912. The molecule has 0 bridgehead atoms. The number of aliphatic hydroxyl groups excluding tert-OH is 1. The molecule has 4 heteroatoms. The first-order chi connectivity index (χ1) is 6.13. The lowest BCUT2D eigenvalue weighted by Gasteiger charge is -2.19. The average molecular weight is 187 g/mol. The Morgan fingerprint density at radius 2 is 2.38 bits per heavy atom. The molecule has 1 rings (SSSR count). The third-order valence-electron chi connectivity index (χ3n) is 2.77. The molecular weight excluding hydrogens is 170 g/mol. The van der Waals surface area contributed by atoms with Crippen molar-refractivity contribution >= 4 is 5.97 Å². The van der Waals surface area contributed by atoms with Gasteiger partial charge in [-0.05, 0) is 31.8 Å². The summed E-state index contributed by atoms with van der Waals surface area (Å²) in [6.45, 7) is 1.92. The molecule has 4 nitrogen and oxygen atoms in total. The Kier molecular flexibility index (Phi) is 3.69. The predicted molar refractivity (Wildman–Crippen MR) is 48.4 cm³/mol.